The van der Waals surface area contributed by atoms with Crippen molar-refractivity contribution in [3.05, 3.63) is 63.7 Å². The normalized spacial score (nSPS) is 10.9. The van der Waals surface area contributed by atoms with Crippen molar-refractivity contribution < 1.29 is 32.4 Å². The van der Waals surface area contributed by atoms with E-state index in [0.29, 0.717) is 6.07 Å². The van der Waals surface area contributed by atoms with Gasteiger partial charge in [-0.15, -0.1) is 0 Å². The molecule has 0 spiro atoms. The van der Waals surface area contributed by atoms with Crippen LogP contribution in [0.25, 0.3) is 0 Å². The molecule has 0 radical (unpaired) electrons. The average Bonchev–Trinajstić information content (AvgIpc) is 2.59. The maximum atomic E-state index is 13.1. The number of nitro groups is 1. The van der Waals surface area contributed by atoms with Gasteiger partial charge in [-0.05, 0) is 18.2 Å². The summed E-state index contributed by atoms with van der Waals surface area (Å²) < 4.78 is 44.4. The molecule has 3 N–H and O–H groups in total. The predicted octanol–water partition coefficient (Wildman–Crippen LogP) is 2.73. The number of para-hydroxylation sites is 1. The Morgan fingerprint density at radius 1 is 1.19 bits per heavy atom. The Kier molecular flexibility index (Phi) is 5.63. The second-order valence-electron chi connectivity index (χ2n) is 5.18. The molecule has 0 bridgehead atoms. The number of nitrogens with one attached hydrogen (secondary N) is 1. The Hall–Kier alpha value is -3.63. The quantitative estimate of drug-likeness (QED) is 0.586. The molecule has 2 amide bonds. The van der Waals surface area contributed by atoms with Crippen LogP contribution in [0.15, 0.2) is 42.5 Å². The van der Waals surface area contributed by atoms with E-state index >= 15 is 0 Å². The van der Waals surface area contributed by atoms with Crippen molar-refractivity contribution in [3.8, 4) is 5.75 Å². The number of hydrogen-bond acceptors (Lipinski definition) is 5. The van der Waals surface area contributed by atoms with Crippen molar-refractivity contribution in [1.82, 2.24) is 0 Å². The topological polar surface area (TPSA) is 125 Å². The summed E-state index contributed by atoms with van der Waals surface area (Å²) >= 11 is 0. The third-order valence-electron chi connectivity index (χ3n) is 3.30. The molecule has 0 saturated heterocycles. The molecule has 0 unspecified atom stereocenters. The van der Waals surface area contributed by atoms with E-state index in [1.54, 1.807) is 0 Å². The van der Waals surface area contributed by atoms with Gasteiger partial charge in [0.25, 0.3) is 17.5 Å². The molecule has 0 aliphatic carbocycles. The van der Waals surface area contributed by atoms with Crippen molar-refractivity contribution in [3.63, 3.8) is 0 Å². The zero-order valence-corrected chi connectivity index (χ0v) is 13.4. The van der Waals surface area contributed by atoms with E-state index in [1.165, 1.54) is 24.3 Å². The number of nitrogens with two attached hydrogens (primary N) is 1. The number of alkyl halides is 3. The SMILES string of the molecule is NC(=O)c1ccccc1OCC(=O)Nc1ccc([N+](=O)[O-])cc1C(F)(F)F. The molecule has 2 aromatic carbocycles. The smallest absolute Gasteiger partial charge is 0.418 e. The Morgan fingerprint density at radius 3 is 2.44 bits per heavy atom. The highest BCUT2D eigenvalue weighted by Crippen LogP contribution is 2.37. The van der Waals surface area contributed by atoms with Gasteiger partial charge >= 0.3 is 6.18 Å². The number of ether oxygens (including phenoxy) is 1. The van der Waals surface area contributed by atoms with Crippen LogP contribution in [0.5, 0.6) is 5.75 Å². The average molecular weight is 383 g/mol. The van der Waals surface area contributed by atoms with E-state index < -0.39 is 46.5 Å². The second kappa shape index (κ2) is 7.72. The summed E-state index contributed by atoms with van der Waals surface area (Å²) in [5.74, 6) is -1.78. The van der Waals surface area contributed by atoms with Gasteiger partial charge in [0.2, 0.25) is 0 Å². The van der Waals surface area contributed by atoms with Gasteiger partial charge in [-0.2, -0.15) is 13.2 Å². The standard InChI is InChI=1S/C16H12F3N3O5/c17-16(18,19)11-7-9(22(25)26)5-6-12(11)21-14(23)8-27-13-4-2-1-3-10(13)15(20)24/h1-7H,8H2,(H2,20,24)(H,21,23). The van der Waals surface area contributed by atoms with E-state index in [0.717, 1.165) is 12.1 Å². The first-order valence-corrected chi connectivity index (χ1v) is 7.26. The molecule has 0 heterocycles. The molecule has 2 rings (SSSR count). The van der Waals surface area contributed by atoms with Gasteiger partial charge in [0.05, 0.1) is 21.7 Å². The largest absolute Gasteiger partial charge is 0.483 e. The monoisotopic (exact) mass is 383 g/mol. The number of halogens is 3. The number of non-ortho nitro benzene ring substituents is 1. The van der Waals surface area contributed by atoms with Crippen LogP contribution in [0.1, 0.15) is 15.9 Å². The van der Waals surface area contributed by atoms with Gasteiger partial charge < -0.3 is 15.8 Å². The molecule has 11 heteroatoms. The Morgan fingerprint density at radius 2 is 1.85 bits per heavy atom. The number of benzene rings is 2. The summed E-state index contributed by atoms with van der Waals surface area (Å²) in [7, 11) is 0. The summed E-state index contributed by atoms with van der Waals surface area (Å²) in [6.07, 6.45) is -4.92. The highest BCUT2D eigenvalue weighted by Gasteiger charge is 2.35. The number of nitro benzene ring substituents is 1. The third-order valence-corrected chi connectivity index (χ3v) is 3.30. The molecule has 0 aliphatic heterocycles. The number of rotatable bonds is 6. The molecule has 8 nitrogen and oxygen atoms in total. The van der Waals surface area contributed by atoms with Crippen LogP contribution in [-0.2, 0) is 11.0 Å². The van der Waals surface area contributed by atoms with Crippen LogP contribution < -0.4 is 15.8 Å². The summed E-state index contributed by atoms with van der Waals surface area (Å²) in [4.78, 5) is 32.8. The van der Waals surface area contributed by atoms with E-state index in [-0.39, 0.29) is 11.3 Å². The van der Waals surface area contributed by atoms with Crippen molar-refractivity contribution in [2.45, 2.75) is 6.18 Å². The van der Waals surface area contributed by atoms with Crippen LogP contribution in [0, 0.1) is 10.1 Å². The highest BCUT2D eigenvalue weighted by molar-refractivity contribution is 5.96. The summed E-state index contributed by atoms with van der Waals surface area (Å²) in [5.41, 5.74) is 2.34. The maximum Gasteiger partial charge on any atom is 0.418 e. The summed E-state index contributed by atoms with van der Waals surface area (Å²) in [6, 6.07) is 7.66. The highest BCUT2D eigenvalue weighted by atomic mass is 19.4. The zero-order chi connectivity index (χ0) is 20.2. The lowest BCUT2D eigenvalue weighted by atomic mass is 10.1. The van der Waals surface area contributed by atoms with Gasteiger partial charge in [-0.3, -0.25) is 19.7 Å². The van der Waals surface area contributed by atoms with E-state index in [4.69, 9.17) is 10.5 Å². The number of anilines is 1. The van der Waals surface area contributed by atoms with Gasteiger partial charge in [0.15, 0.2) is 6.61 Å². The van der Waals surface area contributed by atoms with E-state index in [9.17, 15) is 32.9 Å². The van der Waals surface area contributed by atoms with Crippen molar-refractivity contribution in [2.24, 2.45) is 5.73 Å². The van der Waals surface area contributed by atoms with Gasteiger partial charge in [0.1, 0.15) is 5.75 Å². The van der Waals surface area contributed by atoms with Gasteiger partial charge in [-0.1, -0.05) is 12.1 Å². The minimum Gasteiger partial charge on any atom is -0.483 e. The van der Waals surface area contributed by atoms with Crippen LogP contribution in [0.4, 0.5) is 24.5 Å². The summed E-state index contributed by atoms with van der Waals surface area (Å²) in [6.45, 7) is -0.710. The fourth-order valence-electron chi connectivity index (χ4n) is 2.11. The van der Waals surface area contributed by atoms with Crippen LogP contribution in [-0.4, -0.2) is 23.3 Å². The number of primary amides is 1. The lowest BCUT2D eigenvalue weighted by Crippen LogP contribution is -2.23. The number of nitrogens with zero attached hydrogens (tertiary/aromatic N) is 1. The fourth-order valence-corrected chi connectivity index (χ4v) is 2.11. The molecule has 0 saturated carbocycles. The number of carbonyl (C=O) groups excluding carboxylic acids is 2. The first-order valence-electron chi connectivity index (χ1n) is 7.26. The maximum absolute atomic E-state index is 13.1. The number of amides is 2. The lowest BCUT2D eigenvalue weighted by molar-refractivity contribution is -0.385. The van der Waals surface area contributed by atoms with Crippen molar-refractivity contribution >= 4 is 23.2 Å². The fraction of sp³-hybridized carbons (Fsp3) is 0.125. The van der Waals surface area contributed by atoms with Crippen molar-refractivity contribution in [2.75, 3.05) is 11.9 Å². The van der Waals surface area contributed by atoms with Gasteiger partial charge in [-0.25, -0.2) is 0 Å². The Labute approximate surface area is 149 Å². The lowest BCUT2D eigenvalue weighted by Gasteiger charge is -2.14. The first-order chi connectivity index (χ1) is 12.6. The molecular weight excluding hydrogens is 371 g/mol. The molecule has 2 aromatic rings. The first kappa shape index (κ1) is 19.7. The zero-order valence-electron chi connectivity index (χ0n) is 13.4. The van der Waals surface area contributed by atoms with E-state index in [2.05, 4.69) is 0 Å². The molecular formula is C16H12F3N3O5. The summed E-state index contributed by atoms with van der Waals surface area (Å²) in [5, 5.41) is 12.6. The van der Waals surface area contributed by atoms with Crippen molar-refractivity contribution in [1.29, 1.82) is 0 Å². The third kappa shape index (κ3) is 4.93. The number of carbonyl (C=O) groups is 2. The minimum absolute atomic E-state index is 0.00313. The Bertz CT molecular complexity index is 899. The second-order valence-corrected chi connectivity index (χ2v) is 5.18. The Balaban J connectivity index is 2.17. The van der Waals surface area contributed by atoms with Crippen LogP contribution >= 0.6 is 0 Å². The van der Waals surface area contributed by atoms with Gasteiger partial charge in [0, 0.05) is 12.1 Å². The predicted molar refractivity (Wildman–Crippen MR) is 87.2 cm³/mol. The van der Waals surface area contributed by atoms with Crippen LogP contribution in [0.2, 0.25) is 0 Å². The molecule has 0 aromatic heterocycles. The molecule has 27 heavy (non-hydrogen) atoms. The molecule has 0 fully saturated rings. The molecule has 142 valence electrons. The minimum atomic E-state index is -4.92. The molecule has 0 aliphatic rings. The van der Waals surface area contributed by atoms with Crippen LogP contribution in [0.3, 0.4) is 0 Å². The molecule has 0 atom stereocenters. The number of hydrogen-bond donors (Lipinski definition) is 2. The van der Waals surface area contributed by atoms with E-state index in [1.807, 2.05) is 5.32 Å².